The molecule has 2 rings (SSSR count). The molecule has 19 heavy (non-hydrogen) atoms. The van der Waals surface area contributed by atoms with Gasteiger partial charge in [-0.15, -0.1) is 0 Å². The number of aryl methyl sites for hydroxylation is 1. The summed E-state index contributed by atoms with van der Waals surface area (Å²) in [4.78, 5) is 3.83. The predicted octanol–water partition coefficient (Wildman–Crippen LogP) is 2.47. The average molecular weight is 278 g/mol. The van der Waals surface area contributed by atoms with E-state index in [1.165, 1.54) is 12.4 Å². The first-order valence-corrected chi connectivity index (χ1v) is 7.02. The molecule has 0 radical (unpaired) electrons. The zero-order valence-corrected chi connectivity index (χ0v) is 11.4. The fourth-order valence-corrected chi connectivity index (χ4v) is 2.41. The van der Waals surface area contributed by atoms with E-state index in [2.05, 4.69) is 14.5 Å². The Hall–Kier alpha value is -1.92. The van der Waals surface area contributed by atoms with Crippen LogP contribution in [0.4, 0.5) is 11.4 Å². The molecule has 0 aliphatic heterocycles. The van der Waals surface area contributed by atoms with E-state index in [0.717, 1.165) is 18.4 Å². The highest BCUT2D eigenvalue weighted by molar-refractivity contribution is 7.87. The van der Waals surface area contributed by atoms with Gasteiger partial charge < -0.3 is 5.32 Å². The molecule has 2 aromatic rings. The number of hydrogen-bond donors (Lipinski definition) is 1. The second-order valence-corrected chi connectivity index (χ2v) is 5.67. The number of benzene rings is 1. The van der Waals surface area contributed by atoms with E-state index in [9.17, 15) is 8.42 Å². The third-order valence-electron chi connectivity index (χ3n) is 2.57. The van der Waals surface area contributed by atoms with E-state index in [-0.39, 0.29) is 4.90 Å². The first-order chi connectivity index (χ1) is 9.03. The highest BCUT2D eigenvalue weighted by Crippen LogP contribution is 2.25. The van der Waals surface area contributed by atoms with E-state index in [1.54, 1.807) is 6.07 Å². The maximum Gasteiger partial charge on any atom is 0.300 e. The summed E-state index contributed by atoms with van der Waals surface area (Å²) in [5.41, 5.74) is 2.32. The fourth-order valence-electron chi connectivity index (χ4n) is 1.65. The smallest absolute Gasteiger partial charge is 0.300 e. The van der Waals surface area contributed by atoms with Gasteiger partial charge in [0.25, 0.3) is 10.1 Å². The first kappa shape index (κ1) is 13.5. The average Bonchev–Trinajstić information content (AvgIpc) is 2.39. The van der Waals surface area contributed by atoms with Gasteiger partial charge in [0.2, 0.25) is 0 Å². The zero-order valence-electron chi connectivity index (χ0n) is 10.6. The van der Waals surface area contributed by atoms with Crippen LogP contribution >= 0.6 is 0 Å². The number of pyridine rings is 1. The maximum absolute atomic E-state index is 11.8. The Balaban J connectivity index is 2.42. The maximum atomic E-state index is 11.8. The lowest BCUT2D eigenvalue weighted by molar-refractivity contribution is 0.398. The molecule has 0 saturated carbocycles. The Morgan fingerprint density at radius 1 is 1.26 bits per heavy atom. The van der Waals surface area contributed by atoms with Crippen LogP contribution in [0.5, 0.6) is 0 Å². The van der Waals surface area contributed by atoms with Crippen LogP contribution in [0, 0.1) is 6.92 Å². The molecule has 0 saturated heterocycles. The van der Waals surface area contributed by atoms with Crippen molar-refractivity contribution in [1.29, 1.82) is 0 Å². The third kappa shape index (κ3) is 3.10. The summed E-state index contributed by atoms with van der Waals surface area (Å²) >= 11 is 0. The summed E-state index contributed by atoms with van der Waals surface area (Å²) in [6.07, 6.45) is 2.78. The topological polar surface area (TPSA) is 68.3 Å². The van der Waals surface area contributed by atoms with Crippen molar-refractivity contribution in [3.05, 3.63) is 48.3 Å². The molecule has 5 nitrogen and oxygen atoms in total. The van der Waals surface area contributed by atoms with Gasteiger partial charge in [-0.25, -0.2) is 0 Å². The van der Waals surface area contributed by atoms with Crippen molar-refractivity contribution in [3.63, 3.8) is 0 Å². The Kier molecular flexibility index (Phi) is 3.82. The number of rotatable bonds is 4. The number of nitrogens with one attached hydrogen (secondary N) is 1. The molecule has 0 unspecified atom stereocenters. The molecule has 0 bridgehead atoms. The molecule has 1 heterocycles. The van der Waals surface area contributed by atoms with Gasteiger partial charge in [-0.3, -0.25) is 9.17 Å². The van der Waals surface area contributed by atoms with Crippen LogP contribution < -0.4 is 5.32 Å². The lowest BCUT2D eigenvalue weighted by atomic mass is 10.2. The monoisotopic (exact) mass is 278 g/mol. The Labute approximate surface area is 112 Å². The minimum atomic E-state index is -3.78. The summed E-state index contributed by atoms with van der Waals surface area (Å²) < 4.78 is 28.1. The zero-order chi connectivity index (χ0) is 13.9. The highest BCUT2D eigenvalue weighted by Gasteiger charge is 2.18. The van der Waals surface area contributed by atoms with E-state index in [0.29, 0.717) is 5.69 Å². The van der Waals surface area contributed by atoms with Gasteiger partial charge in [-0.05, 0) is 30.7 Å². The predicted molar refractivity (Wildman–Crippen MR) is 72.9 cm³/mol. The normalized spacial score (nSPS) is 11.3. The summed E-state index contributed by atoms with van der Waals surface area (Å²) in [7, 11) is -2.66. The molecule has 0 aliphatic carbocycles. The van der Waals surface area contributed by atoms with E-state index >= 15 is 0 Å². The summed E-state index contributed by atoms with van der Waals surface area (Å²) in [5, 5.41) is 3.05. The Bertz CT molecular complexity index is 684. The van der Waals surface area contributed by atoms with Crippen molar-refractivity contribution in [2.24, 2.45) is 0 Å². The van der Waals surface area contributed by atoms with Crippen LogP contribution in [0.3, 0.4) is 0 Å². The molecule has 0 fully saturated rings. The van der Waals surface area contributed by atoms with Crippen LogP contribution in [0.15, 0.2) is 47.6 Å². The van der Waals surface area contributed by atoms with Crippen molar-refractivity contribution >= 4 is 21.5 Å². The van der Waals surface area contributed by atoms with Crippen LogP contribution in [0.25, 0.3) is 0 Å². The Morgan fingerprint density at radius 2 is 2.05 bits per heavy atom. The number of hydrogen-bond acceptors (Lipinski definition) is 5. The highest BCUT2D eigenvalue weighted by atomic mass is 32.2. The molecule has 100 valence electrons. The van der Waals surface area contributed by atoms with Gasteiger partial charge in [0.05, 0.1) is 19.0 Å². The van der Waals surface area contributed by atoms with Crippen molar-refractivity contribution in [2.75, 3.05) is 12.4 Å². The SMILES string of the molecule is COS(=O)(=O)c1cnccc1Nc1cccc(C)c1. The molecular weight excluding hydrogens is 264 g/mol. The van der Waals surface area contributed by atoms with E-state index < -0.39 is 10.1 Å². The number of nitrogens with zero attached hydrogens (tertiary/aromatic N) is 1. The van der Waals surface area contributed by atoms with Crippen molar-refractivity contribution < 1.29 is 12.6 Å². The minimum absolute atomic E-state index is 0.0130. The number of aromatic nitrogens is 1. The molecule has 1 N–H and O–H groups in total. The first-order valence-electron chi connectivity index (χ1n) is 5.61. The second kappa shape index (κ2) is 5.38. The Morgan fingerprint density at radius 3 is 2.74 bits per heavy atom. The van der Waals surface area contributed by atoms with Crippen LogP contribution in [0.2, 0.25) is 0 Å². The molecule has 1 aromatic carbocycles. The van der Waals surface area contributed by atoms with Gasteiger partial charge in [0, 0.05) is 11.9 Å². The van der Waals surface area contributed by atoms with E-state index in [1.807, 2.05) is 31.2 Å². The van der Waals surface area contributed by atoms with Crippen molar-refractivity contribution in [1.82, 2.24) is 4.98 Å². The lowest BCUT2D eigenvalue weighted by Crippen LogP contribution is -2.07. The second-order valence-electron chi connectivity index (χ2n) is 3.99. The van der Waals surface area contributed by atoms with Gasteiger partial charge in [-0.2, -0.15) is 8.42 Å². The molecule has 0 spiro atoms. The molecule has 0 amide bonds. The molecular formula is C13H14N2O3S. The van der Waals surface area contributed by atoms with Crippen LogP contribution in [-0.2, 0) is 14.3 Å². The van der Waals surface area contributed by atoms with Crippen molar-refractivity contribution in [3.8, 4) is 0 Å². The van der Waals surface area contributed by atoms with Crippen LogP contribution in [0.1, 0.15) is 5.56 Å². The quantitative estimate of drug-likeness (QED) is 0.870. The summed E-state index contributed by atoms with van der Waals surface area (Å²) in [6, 6.07) is 9.22. The van der Waals surface area contributed by atoms with Crippen LogP contribution in [-0.4, -0.2) is 20.5 Å². The fraction of sp³-hybridized carbons (Fsp3) is 0.154. The molecule has 0 aliphatic rings. The molecule has 1 aromatic heterocycles. The largest absolute Gasteiger partial charge is 0.354 e. The third-order valence-corrected chi connectivity index (χ3v) is 3.87. The van der Waals surface area contributed by atoms with Gasteiger partial charge in [-0.1, -0.05) is 12.1 Å². The summed E-state index contributed by atoms with van der Waals surface area (Å²) in [5.74, 6) is 0. The molecule has 0 atom stereocenters. The van der Waals surface area contributed by atoms with Crippen molar-refractivity contribution in [2.45, 2.75) is 11.8 Å². The van der Waals surface area contributed by atoms with E-state index in [4.69, 9.17) is 0 Å². The minimum Gasteiger partial charge on any atom is -0.354 e. The standard InChI is InChI=1S/C13H14N2O3S/c1-10-4-3-5-11(8-10)15-12-6-7-14-9-13(12)19(16,17)18-2/h3-9H,1-2H3,(H,14,15). The lowest BCUT2D eigenvalue weighted by Gasteiger charge is -2.11. The summed E-state index contributed by atoms with van der Waals surface area (Å²) in [6.45, 7) is 1.96. The van der Waals surface area contributed by atoms with Gasteiger partial charge >= 0.3 is 0 Å². The van der Waals surface area contributed by atoms with Gasteiger partial charge in [0.1, 0.15) is 4.90 Å². The van der Waals surface area contributed by atoms with Gasteiger partial charge in [0.15, 0.2) is 0 Å². The number of anilines is 2. The molecule has 6 heteroatoms.